The topological polar surface area (TPSA) is 68.0 Å². The molecule has 1 unspecified atom stereocenters. The van der Waals surface area contributed by atoms with Crippen molar-refractivity contribution in [1.82, 2.24) is 15.0 Å². The number of nitrogens with zero attached hydrogens (tertiary/aromatic N) is 3. The van der Waals surface area contributed by atoms with Gasteiger partial charge in [0.05, 0.1) is 23.5 Å². The molecule has 2 aromatic rings. The highest BCUT2D eigenvalue weighted by Gasteiger charge is 2.31. The number of rotatable bonds is 3. The van der Waals surface area contributed by atoms with Crippen molar-refractivity contribution in [1.29, 1.82) is 0 Å². The molecule has 2 rings (SSSR count). The van der Waals surface area contributed by atoms with Crippen LogP contribution in [-0.2, 0) is 11.0 Å². The lowest BCUT2D eigenvalue weighted by Gasteiger charge is -2.11. The van der Waals surface area contributed by atoms with Crippen LogP contribution in [0.1, 0.15) is 24.9 Å². The maximum Gasteiger partial charge on any atom is 0.416 e. The second kappa shape index (κ2) is 4.52. The Morgan fingerprint density at radius 1 is 1.47 bits per heavy atom. The Morgan fingerprint density at radius 2 is 2.16 bits per heavy atom. The van der Waals surface area contributed by atoms with E-state index in [4.69, 9.17) is 5.11 Å². The summed E-state index contributed by atoms with van der Waals surface area (Å²) in [6.07, 6.45) is -4.70. The van der Waals surface area contributed by atoms with E-state index in [-0.39, 0.29) is 11.9 Å². The molecule has 0 fully saturated rings. The molecule has 19 heavy (non-hydrogen) atoms. The highest BCUT2D eigenvalue weighted by Crippen LogP contribution is 2.31. The van der Waals surface area contributed by atoms with Crippen molar-refractivity contribution < 1.29 is 23.1 Å². The van der Waals surface area contributed by atoms with Crippen molar-refractivity contribution in [3.05, 3.63) is 23.8 Å². The molecule has 0 amide bonds. The second-order valence-corrected chi connectivity index (χ2v) is 4.18. The number of fused-ring (bicyclic) bond motifs is 1. The molecule has 0 saturated carbocycles. The summed E-state index contributed by atoms with van der Waals surface area (Å²) >= 11 is 0. The lowest BCUT2D eigenvalue weighted by atomic mass is 10.1. The maximum absolute atomic E-state index is 12.6. The number of benzene rings is 1. The smallest absolute Gasteiger partial charge is 0.416 e. The molecule has 0 aliphatic carbocycles. The van der Waals surface area contributed by atoms with E-state index < -0.39 is 23.8 Å². The second-order valence-electron chi connectivity index (χ2n) is 4.18. The van der Waals surface area contributed by atoms with E-state index in [2.05, 4.69) is 10.3 Å². The van der Waals surface area contributed by atoms with Gasteiger partial charge in [-0.2, -0.15) is 13.2 Å². The van der Waals surface area contributed by atoms with Gasteiger partial charge in [-0.3, -0.25) is 4.79 Å². The average Bonchev–Trinajstić information content (AvgIpc) is 2.69. The predicted molar refractivity (Wildman–Crippen MR) is 59.5 cm³/mol. The van der Waals surface area contributed by atoms with Gasteiger partial charge >= 0.3 is 12.1 Å². The molecule has 5 nitrogen and oxygen atoms in total. The molecule has 1 heterocycles. The number of alkyl halides is 3. The van der Waals surface area contributed by atoms with Crippen LogP contribution in [0.15, 0.2) is 18.2 Å². The summed E-state index contributed by atoms with van der Waals surface area (Å²) in [4.78, 5) is 10.6. The number of carbonyl (C=O) groups is 1. The van der Waals surface area contributed by atoms with Crippen LogP contribution in [0.5, 0.6) is 0 Å². The summed E-state index contributed by atoms with van der Waals surface area (Å²) in [5.74, 6) is -1.05. The first-order valence-electron chi connectivity index (χ1n) is 5.43. The summed E-state index contributed by atoms with van der Waals surface area (Å²) < 4.78 is 39.1. The van der Waals surface area contributed by atoms with Crippen LogP contribution in [0.25, 0.3) is 11.0 Å². The molecular formula is C11H10F3N3O2. The van der Waals surface area contributed by atoms with Crippen LogP contribution >= 0.6 is 0 Å². The van der Waals surface area contributed by atoms with Gasteiger partial charge in [-0.25, -0.2) is 4.68 Å². The molecule has 0 aliphatic rings. The fourth-order valence-electron chi connectivity index (χ4n) is 1.78. The van der Waals surface area contributed by atoms with Crippen molar-refractivity contribution in [2.45, 2.75) is 25.6 Å². The molecule has 0 spiro atoms. The van der Waals surface area contributed by atoms with Crippen molar-refractivity contribution in [3.63, 3.8) is 0 Å². The van der Waals surface area contributed by atoms with E-state index in [0.717, 1.165) is 12.1 Å². The summed E-state index contributed by atoms with van der Waals surface area (Å²) in [5.41, 5.74) is -0.347. The standard InChI is InChI=1S/C11H10F3N3O2/c1-6(4-10(18)19)17-9-5-7(11(12,13)14)2-3-8(9)15-16-17/h2-3,5-6H,4H2,1H3,(H,18,19). The first-order valence-corrected chi connectivity index (χ1v) is 5.43. The Morgan fingerprint density at radius 3 is 2.74 bits per heavy atom. The van der Waals surface area contributed by atoms with Gasteiger partial charge in [-0.15, -0.1) is 5.10 Å². The van der Waals surface area contributed by atoms with Crippen LogP contribution in [0, 0.1) is 0 Å². The van der Waals surface area contributed by atoms with E-state index >= 15 is 0 Å². The number of carboxylic acids is 1. The van der Waals surface area contributed by atoms with Crippen LogP contribution in [0.4, 0.5) is 13.2 Å². The highest BCUT2D eigenvalue weighted by molar-refractivity contribution is 5.76. The number of hydrogen-bond donors (Lipinski definition) is 1. The van der Waals surface area contributed by atoms with Crippen LogP contribution in [-0.4, -0.2) is 26.1 Å². The van der Waals surface area contributed by atoms with Gasteiger partial charge in [0.1, 0.15) is 5.52 Å². The summed E-state index contributed by atoms with van der Waals surface area (Å²) in [7, 11) is 0. The van der Waals surface area contributed by atoms with Gasteiger partial charge in [-0.1, -0.05) is 5.21 Å². The minimum Gasteiger partial charge on any atom is -0.481 e. The van der Waals surface area contributed by atoms with Crippen molar-refractivity contribution >= 4 is 17.0 Å². The molecule has 1 aromatic heterocycles. The fourth-order valence-corrected chi connectivity index (χ4v) is 1.78. The fraction of sp³-hybridized carbons (Fsp3) is 0.364. The minimum atomic E-state index is -4.46. The minimum absolute atomic E-state index is 0.170. The Hall–Kier alpha value is -2.12. The van der Waals surface area contributed by atoms with E-state index in [1.54, 1.807) is 6.92 Å². The molecule has 8 heteroatoms. The van der Waals surface area contributed by atoms with Crippen molar-refractivity contribution in [2.75, 3.05) is 0 Å². The zero-order valence-electron chi connectivity index (χ0n) is 9.85. The van der Waals surface area contributed by atoms with Crippen LogP contribution < -0.4 is 0 Å². The molecule has 0 radical (unpaired) electrons. The van der Waals surface area contributed by atoms with Gasteiger partial charge in [0.15, 0.2) is 0 Å². The Kier molecular flexibility index (Phi) is 3.17. The van der Waals surface area contributed by atoms with E-state index in [9.17, 15) is 18.0 Å². The Labute approximate surface area is 105 Å². The molecule has 1 N–H and O–H groups in total. The van der Waals surface area contributed by atoms with Gasteiger partial charge in [0.2, 0.25) is 0 Å². The summed E-state index contributed by atoms with van der Waals surface area (Å²) in [6, 6.07) is 2.48. The molecule has 0 bridgehead atoms. The molecule has 1 aromatic carbocycles. The Bertz CT molecular complexity index is 621. The molecule has 0 saturated heterocycles. The number of aromatic nitrogens is 3. The van der Waals surface area contributed by atoms with Crippen molar-refractivity contribution in [2.24, 2.45) is 0 Å². The van der Waals surface area contributed by atoms with Gasteiger partial charge in [0.25, 0.3) is 0 Å². The van der Waals surface area contributed by atoms with Crippen LogP contribution in [0.3, 0.4) is 0 Å². The first kappa shape index (κ1) is 13.3. The van der Waals surface area contributed by atoms with Crippen LogP contribution in [0.2, 0.25) is 0 Å². The normalized spacial score (nSPS) is 13.7. The van der Waals surface area contributed by atoms with E-state index in [0.29, 0.717) is 5.52 Å². The number of hydrogen-bond acceptors (Lipinski definition) is 3. The number of carboxylic acid groups (broad SMARTS) is 1. The largest absolute Gasteiger partial charge is 0.481 e. The SMILES string of the molecule is CC(CC(=O)O)n1nnc2ccc(C(F)(F)F)cc21. The van der Waals surface area contributed by atoms with Gasteiger partial charge in [0, 0.05) is 0 Å². The highest BCUT2D eigenvalue weighted by atomic mass is 19.4. The molecule has 102 valence electrons. The number of halogens is 3. The molecule has 0 aliphatic heterocycles. The lowest BCUT2D eigenvalue weighted by Crippen LogP contribution is -2.12. The first-order chi connectivity index (χ1) is 8.79. The van der Waals surface area contributed by atoms with Crippen molar-refractivity contribution in [3.8, 4) is 0 Å². The zero-order chi connectivity index (χ0) is 14.2. The summed E-state index contributed by atoms with van der Waals surface area (Å²) in [5, 5.41) is 16.1. The summed E-state index contributed by atoms with van der Waals surface area (Å²) in [6.45, 7) is 1.56. The third-order valence-corrected chi connectivity index (χ3v) is 2.69. The zero-order valence-corrected chi connectivity index (χ0v) is 9.85. The third-order valence-electron chi connectivity index (χ3n) is 2.69. The third kappa shape index (κ3) is 2.67. The molecular weight excluding hydrogens is 263 g/mol. The maximum atomic E-state index is 12.6. The quantitative estimate of drug-likeness (QED) is 0.932. The monoisotopic (exact) mass is 273 g/mol. The van der Waals surface area contributed by atoms with Gasteiger partial charge < -0.3 is 5.11 Å². The van der Waals surface area contributed by atoms with Gasteiger partial charge in [-0.05, 0) is 25.1 Å². The average molecular weight is 273 g/mol. The molecule has 1 atom stereocenters. The van der Waals surface area contributed by atoms with E-state index in [1.807, 2.05) is 0 Å². The lowest BCUT2D eigenvalue weighted by molar-refractivity contribution is -0.138. The number of aliphatic carboxylic acids is 1. The predicted octanol–water partition coefficient (Wildman–Crippen LogP) is 2.49. The Balaban J connectivity index is 2.48. The van der Waals surface area contributed by atoms with E-state index in [1.165, 1.54) is 10.7 Å².